The van der Waals surface area contributed by atoms with Gasteiger partial charge in [-0.2, -0.15) is 0 Å². The molecule has 0 spiro atoms. The molecule has 0 aliphatic carbocycles. The van der Waals surface area contributed by atoms with E-state index < -0.39 is 6.04 Å². The van der Waals surface area contributed by atoms with Gasteiger partial charge < -0.3 is 15.1 Å². The van der Waals surface area contributed by atoms with E-state index in [1.165, 1.54) is 4.90 Å². The van der Waals surface area contributed by atoms with Crippen molar-refractivity contribution in [2.24, 2.45) is 0 Å². The van der Waals surface area contributed by atoms with Crippen molar-refractivity contribution in [2.45, 2.75) is 18.9 Å². The number of nitrogens with one attached hydrogen (secondary N) is 1. The first kappa shape index (κ1) is 15.9. The van der Waals surface area contributed by atoms with Crippen LogP contribution in [0.1, 0.15) is 12.8 Å². The molecule has 0 aromatic heterocycles. The van der Waals surface area contributed by atoms with Crippen LogP contribution in [0.4, 0.5) is 10.5 Å². The van der Waals surface area contributed by atoms with E-state index in [9.17, 15) is 9.59 Å². The summed E-state index contributed by atoms with van der Waals surface area (Å²) >= 11 is 11.9. The lowest BCUT2D eigenvalue weighted by Crippen LogP contribution is -2.47. The number of rotatable bonds is 2. The van der Waals surface area contributed by atoms with Crippen molar-refractivity contribution >= 4 is 40.8 Å². The number of halogens is 2. The zero-order chi connectivity index (χ0) is 15.6. The number of urea groups is 1. The Morgan fingerprint density at radius 1 is 1.33 bits per heavy atom. The summed E-state index contributed by atoms with van der Waals surface area (Å²) in [4.78, 5) is 27.5. The van der Waals surface area contributed by atoms with Gasteiger partial charge in [-0.15, -0.1) is 0 Å². The van der Waals surface area contributed by atoms with Crippen molar-refractivity contribution < 1.29 is 9.59 Å². The quantitative estimate of drug-likeness (QED) is 0.906. The van der Waals surface area contributed by atoms with Crippen LogP contribution in [0.25, 0.3) is 0 Å². The minimum absolute atomic E-state index is 0.0650. The van der Waals surface area contributed by atoms with Gasteiger partial charge >= 0.3 is 6.03 Å². The van der Waals surface area contributed by atoms with Crippen molar-refractivity contribution in [1.29, 1.82) is 0 Å². The molecule has 114 valence electrons. The molecule has 0 saturated carbocycles. The zero-order valence-electron chi connectivity index (χ0n) is 11.9. The first-order chi connectivity index (χ1) is 9.90. The first-order valence-electron chi connectivity index (χ1n) is 6.64. The molecule has 5 nitrogen and oxygen atoms in total. The number of likely N-dealkylation sites (tertiary alicyclic amines) is 1. The fraction of sp³-hybridized carbons (Fsp3) is 0.429. The Labute approximate surface area is 133 Å². The third-order valence-electron chi connectivity index (χ3n) is 3.41. The Morgan fingerprint density at radius 2 is 2.05 bits per heavy atom. The van der Waals surface area contributed by atoms with Crippen LogP contribution in [0.2, 0.25) is 10.0 Å². The average molecular weight is 330 g/mol. The van der Waals surface area contributed by atoms with Crippen LogP contribution in [0.3, 0.4) is 0 Å². The molecule has 1 unspecified atom stereocenters. The summed E-state index contributed by atoms with van der Waals surface area (Å²) in [5, 5.41) is 3.59. The maximum atomic E-state index is 12.3. The van der Waals surface area contributed by atoms with Crippen molar-refractivity contribution in [3.05, 3.63) is 28.2 Å². The van der Waals surface area contributed by atoms with E-state index >= 15 is 0 Å². The van der Waals surface area contributed by atoms with Crippen molar-refractivity contribution in [2.75, 3.05) is 26.0 Å². The lowest BCUT2D eigenvalue weighted by Gasteiger charge is -2.26. The van der Waals surface area contributed by atoms with Crippen molar-refractivity contribution in [3.63, 3.8) is 0 Å². The van der Waals surface area contributed by atoms with E-state index in [0.717, 1.165) is 6.42 Å². The van der Waals surface area contributed by atoms with Crippen LogP contribution < -0.4 is 5.32 Å². The second-order valence-electron chi connectivity index (χ2n) is 5.14. The number of carbonyl (C=O) groups excluding carboxylic acids is 2. The first-order valence-corrected chi connectivity index (χ1v) is 7.39. The molecule has 1 heterocycles. The molecule has 0 bridgehead atoms. The van der Waals surface area contributed by atoms with Gasteiger partial charge in [-0.05, 0) is 31.0 Å². The highest BCUT2D eigenvalue weighted by atomic mass is 35.5. The normalized spacial score (nSPS) is 17.7. The molecule has 1 aliphatic rings. The van der Waals surface area contributed by atoms with Crippen LogP contribution in [0, 0.1) is 0 Å². The molecule has 7 heteroatoms. The highest BCUT2D eigenvalue weighted by Gasteiger charge is 2.35. The molecule has 0 radical (unpaired) electrons. The molecule has 1 aliphatic heterocycles. The molecule has 1 atom stereocenters. The van der Waals surface area contributed by atoms with E-state index in [1.54, 1.807) is 37.2 Å². The Balaban J connectivity index is 2.10. The van der Waals surface area contributed by atoms with E-state index in [1.807, 2.05) is 0 Å². The average Bonchev–Trinajstić information content (AvgIpc) is 2.90. The third kappa shape index (κ3) is 3.60. The summed E-state index contributed by atoms with van der Waals surface area (Å²) in [5.41, 5.74) is 0.481. The lowest BCUT2D eigenvalue weighted by atomic mass is 10.2. The standard InChI is InChI=1S/C14H17Cl2N3O2/c1-18(2)13(20)12-4-3-7-19(12)14(21)17-11-6-5-9(15)8-10(11)16/h5-6,8,12H,3-4,7H2,1-2H3,(H,17,21). The molecule has 2 rings (SSSR count). The Kier molecular flexibility index (Phi) is 4.96. The molecule has 21 heavy (non-hydrogen) atoms. The number of hydrogen-bond donors (Lipinski definition) is 1. The number of hydrogen-bond acceptors (Lipinski definition) is 2. The fourth-order valence-corrected chi connectivity index (χ4v) is 2.80. The van der Waals surface area contributed by atoms with Gasteiger partial charge in [0.2, 0.25) is 5.91 Å². The molecule has 1 saturated heterocycles. The summed E-state index contributed by atoms with van der Waals surface area (Å²) < 4.78 is 0. The van der Waals surface area contributed by atoms with Crippen LogP contribution >= 0.6 is 23.2 Å². The number of amides is 3. The summed E-state index contributed by atoms with van der Waals surface area (Å²) in [5.74, 6) is -0.0650. The second-order valence-corrected chi connectivity index (χ2v) is 5.98. The van der Waals surface area contributed by atoms with Crippen molar-refractivity contribution in [1.82, 2.24) is 9.80 Å². The summed E-state index contributed by atoms with van der Waals surface area (Å²) in [6.07, 6.45) is 1.49. The molecule has 1 fully saturated rings. The molecule has 1 N–H and O–H groups in total. The zero-order valence-corrected chi connectivity index (χ0v) is 13.4. The van der Waals surface area contributed by atoms with Gasteiger partial charge in [0.15, 0.2) is 0 Å². The van der Waals surface area contributed by atoms with Gasteiger partial charge in [-0.3, -0.25) is 4.79 Å². The molecule has 3 amide bonds. The lowest BCUT2D eigenvalue weighted by molar-refractivity contribution is -0.132. The van der Waals surface area contributed by atoms with Crippen LogP contribution in [-0.4, -0.2) is 48.4 Å². The molecule has 1 aromatic carbocycles. The van der Waals surface area contributed by atoms with Crippen LogP contribution in [0.15, 0.2) is 18.2 Å². The number of benzene rings is 1. The van der Waals surface area contributed by atoms with E-state index in [0.29, 0.717) is 28.7 Å². The van der Waals surface area contributed by atoms with Gasteiger partial charge in [0, 0.05) is 25.7 Å². The molecule has 1 aromatic rings. The van der Waals surface area contributed by atoms with E-state index in [4.69, 9.17) is 23.2 Å². The minimum Gasteiger partial charge on any atom is -0.347 e. The predicted octanol–water partition coefficient (Wildman–Crippen LogP) is 3.08. The SMILES string of the molecule is CN(C)C(=O)C1CCCN1C(=O)Nc1ccc(Cl)cc1Cl. The van der Waals surface area contributed by atoms with E-state index in [2.05, 4.69) is 5.32 Å². The summed E-state index contributed by atoms with van der Waals surface area (Å²) in [6, 6.07) is 4.12. The smallest absolute Gasteiger partial charge is 0.322 e. The monoisotopic (exact) mass is 329 g/mol. The fourth-order valence-electron chi connectivity index (χ4n) is 2.34. The minimum atomic E-state index is -0.411. The van der Waals surface area contributed by atoms with Crippen molar-refractivity contribution in [3.8, 4) is 0 Å². The Morgan fingerprint density at radius 3 is 2.67 bits per heavy atom. The molecular formula is C14H17Cl2N3O2. The number of anilines is 1. The number of nitrogens with zero attached hydrogens (tertiary/aromatic N) is 2. The predicted molar refractivity (Wildman–Crippen MR) is 83.9 cm³/mol. The van der Waals surface area contributed by atoms with E-state index in [-0.39, 0.29) is 11.9 Å². The van der Waals surface area contributed by atoms with Gasteiger partial charge in [-0.1, -0.05) is 23.2 Å². The maximum absolute atomic E-state index is 12.3. The van der Waals surface area contributed by atoms with Gasteiger partial charge in [0.05, 0.1) is 10.7 Å². The number of carbonyl (C=O) groups is 2. The largest absolute Gasteiger partial charge is 0.347 e. The highest BCUT2D eigenvalue weighted by molar-refractivity contribution is 6.36. The Bertz CT molecular complexity index is 563. The summed E-state index contributed by atoms with van der Waals surface area (Å²) in [7, 11) is 3.37. The van der Waals surface area contributed by atoms with Gasteiger partial charge in [0.25, 0.3) is 0 Å². The van der Waals surface area contributed by atoms with Crippen LogP contribution in [0.5, 0.6) is 0 Å². The third-order valence-corrected chi connectivity index (χ3v) is 3.96. The summed E-state index contributed by atoms with van der Waals surface area (Å²) in [6.45, 7) is 0.557. The highest BCUT2D eigenvalue weighted by Crippen LogP contribution is 2.27. The topological polar surface area (TPSA) is 52.7 Å². The maximum Gasteiger partial charge on any atom is 0.322 e. The van der Waals surface area contributed by atoms with Gasteiger partial charge in [-0.25, -0.2) is 4.79 Å². The van der Waals surface area contributed by atoms with Crippen LogP contribution in [-0.2, 0) is 4.79 Å². The van der Waals surface area contributed by atoms with Gasteiger partial charge in [0.1, 0.15) is 6.04 Å². The Hall–Kier alpha value is -1.46. The number of likely N-dealkylation sites (N-methyl/N-ethyl adjacent to an activating group) is 1. The second kappa shape index (κ2) is 6.54. The molecular weight excluding hydrogens is 313 g/mol.